The number of carbonyl (C=O) groups excluding carboxylic acids is 3. The normalized spacial score (nSPS) is 47.6. The molecule has 4 saturated carbocycles. The Hall–Kier alpha value is -1.23. The molecular formula is C23H34O5. The van der Waals surface area contributed by atoms with Gasteiger partial charge < -0.3 is 9.84 Å². The van der Waals surface area contributed by atoms with Gasteiger partial charge in [0.05, 0.1) is 0 Å². The molecule has 1 N–H and O–H groups in total. The predicted octanol–water partition coefficient (Wildman–Crippen LogP) is 3.46. The lowest BCUT2D eigenvalue weighted by atomic mass is 9.44. The molecule has 0 bridgehead atoms. The number of aliphatic hydroxyl groups is 1. The fraction of sp³-hybridized carbons (Fsp3) is 0.870. The smallest absolute Gasteiger partial charge is 0.303 e. The van der Waals surface area contributed by atoms with Crippen LogP contribution in [0.1, 0.15) is 78.6 Å². The predicted molar refractivity (Wildman–Crippen MR) is 103 cm³/mol. The zero-order chi connectivity index (χ0) is 20.3. The molecule has 0 radical (unpaired) electrons. The molecule has 0 aromatic carbocycles. The van der Waals surface area contributed by atoms with Crippen molar-refractivity contribution < 1.29 is 24.2 Å². The van der Waals surface area contributed by atoms with Crippen LogP contribution in [0.2, 0.25) is 0 Å². The van der Waals surface area contributed by atoms with Gasteiger partial charge in [-0.1, -0.05) is 13.8 Å². The number of esters is 1. The van der Waals surface area contributed by atoms with Gasteiger partial charge in [0.1, 0.15) is 11.4 Å². The van der Waals surface area contributed by atoms with E-state index < -0.39 is 17.0 Å². The molecule has 0 saturated heterocycles. The van der Waals surface area contributed by atoms with E-state index in [1.807, 2.05) is 0 Å². The zero-order valence-electron chi connectivity index (χ0n) is 17.5. The van der Waals surface area contributed by atoms with Gasteiger partial charge in [0.15, 0.2) is 6.61 Å². The zero-order valence-corrected chi connectivity index (χ0v) is 17.5. The largest absolute Gasteiger partial charge is 0.458 e. The Kier molecular flexibility index (Phi) is 4.76. The highest BCUT2D eigenvalue weighted by Crippen LogP contribution is 2.68. The first-order valence-electron chi connectivity index (χ1n) is 11.0. The van der Waals surface area contributed by atoms with Gasteiger partial charge in [0.2, 0.25) is 5.78 Å². The second kappa shape index (κ2) is 6.65. The van der Waals surface area contributed by atoms with Crippen LogP contribution in [0.4, 0.5) is 0 Å². The summed E-state index contributed by atoms with van der Waals surface area (Å²) >= 11 is 0. The monoisotopic (exact) mass is 390 g/mol. The van der Waals surface area contributed by atoms with E-state index in [0.717, 1.165) is 44.9 Å². The molecule has 0 aromatic heterocycles. The minimum atomic E-state index is -1.39. The molecule has 0 aliphatic heterocycles. The molecule has 0 spiro atoms. The van der Waals surface area contributed by atoms with Crippen LogP contribution in [0.15, 0.2) is 0 Å². The van der Waals surface area contributed by atoms with E-state index in [9.17, 15) is 19.5 Å². The van der Waals surface area contributed by atoms with Crippen molar-refractivity contribution in [3.63, 3.8) is 0 Å². The third kappa shape index (κ3) is 2.72. The minimum absolute atomic E-state index is 0.223. The molecule has 5 heteroatoms. The van der Waals surface area contributed by atoms with Crippen LogP contribution >= 0.6 is 0 Å². The summed E-state index contributed by atoms with van der Waals surface area (Å²) in [6.45, 7) is 5.45. The number of ketones is 2. The van der Waals surface area contributed by atoms with E-state index >= 15 is 0 Å². The highest BCUT2D eigenvalue weighted by Gasteiger charge is 2.66. The highest BCUT2D eigenvalue weighted by molar-refractivity contribution is 5.91. The second-order valence-corrected chi connectivity index (χ2v) is 10.5. The van der Waals surface area contributed by atoms with Gasteiger partial charge >= 0.3 is 5.97 Å². The molecule has 0 aromatic rings. The molecule has 4 aliphatic carbocycles. The first-order chi connectivity index (χ1) is 13.1. The third-order valence-electron chi connectivity index (χ3n) is 9.50. The van der Waals surface area contributed by atoms with Crippen LogP contribution < -0.4 is 0 Å². The van der Waals surface area contributed by atoms with Crippen molar-refractivity contribution in [2.45, 2.75) is 84.2 Å². The van der Waals surface area contributed by atoms with Gasteiger partial charge in [-0.2, -0.15) is 0 Å². The Labute approximate surface area is 167 Å². The van der Waals surface area contributed by atoms with E-state index in [4.69, 9.17) is 4.74 Å². The first-order valence-corrected chi connectivity index (χ1v) is 11.0. The van der Waals surface area contributed by atoms with Gasteiger partial charge in [-0.15, -0.1) is 0 Å². The maximum atomic E-state index is 12.9. The maximum Gasteiger partial charge on any atom is 0.303 e. The van der Waals surface area contributed by atoms with Gasteiger partial charge in [0.25, 0.3) is 0 Å². The number of hydrogen-bond acceptors (Lipinski definition) is 5. The van der Waals surface area contributed by atoms with E-state index in [0.29, 0.717) is 42.3 Å². The van der Waals surface area contributed by atoms with Crippen molar-refractivity contribution in [2.75, 3.05) is 6.61 Å². The van der Waals surface area contributed by atoms with Crippen LogP contribution in [-0.2, 0) is 19.1 Å². The molecule has 28 heavy (non-hydrogen) atoms. The van der Waals surface area contributed by atoms with Crippen molar-refractivity contribution in [3.05, 3.63) is 0 Å². The van der Waals surface area contributed by atoms with E-state index in [2.05, 4.69) is 13.8 Å². The van der Waals surface area contributed by atoms with Crippen LogP contribution in [0, 0.1) is 34.5 Å². The summed E-state index contributed by atoms with van der Waals surface area (Å²) in [6, 6.07) is 0. The molecule has 0 heterocycles. The lowest BCUT2D eigenvalue weighted by Crippen LogP contribution is -2.59. The van der Waals surface area contributed by atoms with E-state index in [1.54, 1.807) is 0 Å². The average molecular weight is 391 g/mol. The summed E-state index contributed by atoms with van der Waals surface area (Å²) in [7, 11) is 0. The van der Waals surface area contributed by atoms with Gasteiger partial charge in [-0.3, -0.25) is 14.4 Å². The quantitative estimate of drug-likeness (QED) is 0.747. The SMILES string of the molecule is CC(=O)OCC(=O)[C@@]1(O)CCC2C3CCC4CC(=O)CCC4(C)C3CCC21C. The summed E-state index contributed by atoms with van der Waals surface area (Å²) in [5, 5.41) is 11.5. The lowest BCUT2D eigenvalue weighted by molar-refractivity contribution is -0.175. The van der Waals surface area contributed by atoms with Crippen molar-refractivity contribution >= 4 is 17.5 Å². The summed E-state index contributed by atoms with van der Waals surface area (Å²) < 4.78 is 4.93. The van der Waals surface area contributed by atoms with Gasteiger partial charge in [-0.25, -0.2) is 0 Å². The maximum absolute atomic E-state index is 12.9. The van der Waals surface area contributed by atoms with Crippen LogP contribution in [0.5, 0.6) is 0 Å². The summed E-state index contributed by atoms with van der Waals surface area (Å²) in [4.78, 5) is 36.0. The fourth-order valence-corrected chi connectivity index (χ4v) is 7.81. The lowest BCUT2D eigenvalue weighted by Gasteiger charge is -2.60. The van der Waals surface area contributed by atoms with Crippen LogP contribution in [0.25, 0.3) is 0 Å². The Morgan fingerprint density at radius 1 is 1.07 bits per heavy atom. The molecule has 4 aliphatic rings. The van der Waals surface area contributed by atoms with E-state index in [1.165, 1.54) is 6.92 Å². The number of hydrogen-bond donors (Lipinski definition) is 1. The Bertz CT molecular complexity index is 701. The Morgan fingerprint density at radius 2 is 1.79 bits per heavy atom. The van der Waals surface area contributed by atoms with Crippen molar-refractivity contribution in [1.82, 2.24) is 0 Å². The Morgan fingerprint density at radius 3 is 2.50 bits per heavy atom. The topological polar surface area (TPSA) is 80.7 Å². The molecule has 5 nitrogen and oxygen atoms in total. The third-order valence-corrected chi connectivity index (χ3v) is 9.50. The molecule has 4 fully saturated rings. The molecule has 6 unspecified atom stereocenters. The number of fused-ring (bicyclic) bond motifs is 5. The number of Topliss-reactive ketones (excluding diaryl/α,β-unsaturated/α-hetero) is 2. The summed E-state index contributed by atoms with van der Waals surface area (Å²) in [6.07, 6.45) is 7.82. The fourth-order valence-electron chi connectivity index (χ4n) is 7.81. The van der Waals surface area contributed by atoms with Crippen LogP contribution in [0.3, 0.4) is 0 Å². The van der Waals surface area contributed by atoms with Crippen molar-refractivity contribution in [2.24, 2.45) is 34.5 Å². The van der Waals surface area contributed by atoms with E-state index in [-0.39, 0.29) is 17.8 Å². The number of carbonyl (C=O) groups is 3. The van der Waals surface area contributed by atoms with Crippen molar-refractivity contribution in [3.8, 4) is 0 Å². The number of rotatable bonds is 3. The number of ether oxygens (including phenoxy) is 1. The van der Waals surface area contributed by atoms with Crippen LogP contribution in [-0.4, -0.2) is 34.9 Å². The summed E-state index contributed by atoms with van der Waals surface area (Å²) in [5.41, 5.74) is -1.61. The molecular weight excluding hydrogens is 356 g/mol. The Balaban J connectivity index is 1.57. The standard InChI is InChI=1S/C23H34O5/c1-14(24)28-13-20(26)23(27)11-8-19-17-5-4-15-12-16(25)6-9-21(15,2)18(17)7-10-22(19,23)3/h15,17-19,27H,4-13H2,1-3H3/t15?,17?,18?,19?,21?,22?,23-/m0/s1. The summed E-state index contributed by atoms with van der Waals surface area (Å²) in [5.74, 6) is 1.53. The second-order valence-electron chi connectivity index (χ2n) is 10.5. The van der Waals surface area contributed by atoms with Gasteiger partial charge in [-0.05, 0) is 74.0 Å². The molecule has 7 atom stereocenters. The first kappa shape index (κ1) is 20.1. The average Bonchev–Trinajstić information content (AvgIpc) is 2.92. The molecule has 4 rings (SSSR count). The molecule has 156 valence electrons. The van der Waals surface area contributed by atoms with Gasteiger partial charge in [0, 0.05) is 25.2 Å². The minimum Gasteiger partial charge on any atom is -0.458 e. The molecule has 0 amide bonds. The van der Waals surface area contributed by atoms with Crippen molar-refractivity contribution in [1.29, 1.82) is 0 Å². The highest BCUT2D eigenvalue weighted by atomic mass is 16.5.